The van der Waals surface area contributed by atoms with E-state index in [1.54, 1.807) is 5.46 Å². The Balaban J connectivity index is 2.96. The second-order valence-corrected chi connectivity index (χ2v) is 3.57. The van der Waals surface area contributed by atoms with Gasteiger partial charge in [-0.2, -0.15) is 0 Å². The summed E-state index contributed by atoms with van der Waals surface area (Å²) < 4.78 is 0. The van der Waals surface area contributed by atoms with E-state index >= 15 is 0 Å². The topological polar surface area (TPSA) is 0 Å². The molecule has 0 aliphatic heterocycles. The van der Waals surface area contributed by atoms with Crippen LogP contribution in [0.2, 0.25) is 12.6 Å². The average Bonchev–Trinajstić information content (AvgIpc) is 2.20. The minimum Gasteiger partial charge on any atom is -0.0770 e. The third kappa shape index (κ3) is 2.36. The van der Waals surface area contributed by atoms with Crippen molar-refractivity contribution in [1.29, 1.82) is 0 Å². The zero-order valence-electron chi connectivity index (χ0n) is 9.01. The van der Waals surface area contributed by atoms with Gasteiger partial charge in [-0.1, -0.05) is 68.7 Å². The van der Waals surface area contributed by atoms with Gasteiger partial charge in [-0.15, -0.1) is 0 Å². The summed E-state index contributed by atoms with van der Waals surface area (Å²) in [6.45, 7) is 7.55. The van der Waals surface area contributed by atoms with Gasteiger partial charge in [0.2, 0.25) is 0 Å². The fraction of sp³-hybridized carbons (Fsp3) is 0.500. The molecule has 0 radical (unpaired) electrons. The van der Waals surface area contributed by atoms with Crippen LogP contribution < -0.4 is 5.46 Å². The molecule has 0 atom stereocenters. The Labute approximate surface area is 82.4 Å². The zero-order valence-corrected chi connectivity index (χ0v) is 9.01. The SMILES string of the molecule is CCB(CC)c1ccccc1CC. The van der Waals surface area contributed by atoms with Crippen LogP contribution in [0.1, 0.15) is 26.3 Å². The quantitative estimate of drug-likeness (QED) is 0.615. The van der Waals surface area contributed by atoms with E-state index in [9.17, 15) is 0 Å². The molecule has 0 bridgehead atoms. The standard InChI is InChI=1S/C12H19B/c1-4-11-9-7-8-10-12(11)13(5-2)6-3/h7-10H,4-6H2,1-3H3. The van der Waals surface area contributed by atoms with E-state index < -0.39 is 0 Å². The van der Waals surface area contributed by atoms with E-state index in [0.29, 0.717) is 0 Å². The maximum absolute atomic E-state index is 2.29. The Morgan fingerprint density at radius 3 is 2.15 bits per heavy atom. The molecule has 0 aromatic heterocycles. The van der Waals surface area contributed by atoms with Crippen molar-refractivity contribution in [2.24, 2.45) is 0 Å². The molecular weight excluding hydrogens is 155 g/mol. The van der Waals surface area contributed by atoms with Crippen molar-refractivity contribution in [3.63, 3.8) is 0 Å². The van der Waals surface area contributed by atoms with Crippen LogP contribution in [0.4, 0.5) is 0 Å². The van der Waals surface area contributed by atoms with Crippen molar-refractivity contribution in [3.8, 4) is 0 Å². The number of aryl methyl sites for hydroxylation is 1. The molecule has 0 heterocycles. The fourth-order valence-electron chi connectivity index (χ4n) is 1.98. The summed E-state index contributed by atoms with van der Waals surface area (Å²) in [5.74, 6) is 0. The lowest BCUT2D eigenvalue weighted by molar-refractivity contribution is 1.15. The van der Waals surface area contributed by atoms with Crippen molar-refractivity contribution < 1.29 is 0 Å². The van der Waals surface area contributed by atoms with Crippen molar-refractivity contribution in [1.82, 2.24) is 0 Å². The van der Waals surface area contributed by atoms with Gasteiger partial charge in [0.25, 0.3) is 0 Å². The van der Waals surface area contributed by atoms with Gasteiger partial charge in [-0.05, 0) is 6.42 Å². The number of rotatable bonds is 4. The van der Waals surface area contributed by atoms with Gasteiger partial charge in [-0.3, -0.25) is 0 Å². The molecule has 1 heteroatoms. The molecule has 0 aliphatic rings. The fourth-order valence-corrected chi connectivity index (χ4v) is 1.98. The maximum Gasteiger partial charge on any atom is 0.175 e. The molecule has 0 saturated carbocycles. The van der Waals surface area contributed by atoms with Gasteiger partial charge in [-0.25, -0.2) is 0 Å². The lowest BCUT2D eigenvalue weighted by Gasteiger charge is -2.13. The van der Waals surface area contributed by atoms with Crippen LogP contribution in [0.15, 0.2) is 24.3 Å². The van der Waals surface area contributed by atoms with Gasteiger partial charge < -0.3 is 0 Å². The molecule has 0 spiro atoms. The van der Waals surface area contributed by atoms with Crippen molar-refractivity contribution in [2.75, 3.05) is 0 Å². The molecule has 1 aromatic carbocycles. The van der Waals surface area contributed by atoms with Gasteiger partial charge in [0.05, 0.1) is 0 Å². The summed E-state index contributed by atoms with van der Waals surface area (Å²) in [4.78, 5) is 0. The Kier molecular flexibility index (Phi) is 4.07. The first kappa shape index (κ1) is 10.4. The first-order valence-corrected chi connectivity index (χ1v) is 5.41. The normalized spacial score (nSPS) is 10.1. The van der Waals surface area contributed by atoms with Crippen LogP contribution in [0.3, 0.4) is 0 Å². The second kappa shape index (κ2) is 5.11. The monoisotopic (exact) mass is 174 g/mol. The molecule has 0 unspecified atom stereocenters. The molecule has 13 heavy (non-hydrogen) atoms. The summed E-state index contributed by atoms with van der Waals surface area (Å²) in [6.07, 6.45) is 3.67. The van der Waals surface area contributed by atoms with Crippen molar-refractivity contribution in [2.45, 2.75) is 39.8 Å². The molecular formula is C12H19B. The maximum atomic E-state index is 2.29. The summed E-state index contributed by atoms with van der Waals surface area (Å²) in [5.41, 5.74) is 3.09. The molecule has 0 nitrogen and oxygen atoms in total. The van der Waals surface area contributed by atoms with E-state index in [2.05, 4.69) is 45.0 Å². The van der Waals surface area contributed by atoms with Gasteiger partial charge in [0, 0.05) is 0 Å². The van der Waals surface area contributed by atoms with Crippen LogP contribution in [0, 0.1) is 0 Å². The largest absolute Gasteiger partial charge is 0.175 e. The first-order chi connectivity index (χ1) is 6.33. The Bertz CT molecular complexity index is 251. The molecule has 1 rings (SSSR count). The van der Waals surface area contributed by atoms with Gasteiger partial charge in [0.15, 0.2) is 6.71 Å². The Morgan fingerprint density at radius 2 is 1.62 bits per heavy atom. The number of hydrogen-bond donors (Lipinski definition) is 0. The molecule has 0 amide bonds. The first-order valence-electron chi connectivity index (χ1n) is 5.41. The summed E-state index contributed by atoms with van der Waals surface area (Å²) in [6, 6.07) is 8.85. The molecule has 1 aromatic rings. The van der Waals surface area contributed by atoms with Crippen molar-refractivity contribution >= 4 is 12.2 Å². The van der Waals surface area contributed by atoms with E-state index in [0.717, 1.165) is 13.1 Å². The molecule has 0 fully saturated rings. The second-order valence-electron chi connectivity index (χ2n) is 3.57. The van der Waals surface area contributed by atoms with Crippen LogP contribution in [0.5, 0.6) is 0 Å². The smallest absolute Gasteiger partial charge is 0.0770 e. The average molecular weight is 174 g/mol. The summed E-state index contributed by atoms with van der Waals surface area (Å²) >= 11 is 0. The van der Waals surface area contributed by atoms with Crippen molar-refractivity contribution in [3.05, 3.63) is 29.8 Å². The number of benzene rings is 1. The zero-order chi connectivity index (χ0) is 9.68. The molecule has 0 saturated heterocycles. The van der Waals surface area contributed by atoms with Gasteiger partial charge >= 0.3 is 0 Å². The minimum absolute atomic E-state index is 0.760. The summed E-state index contributed by atoms with van der Waals surface area (Å²) in [5, 5.41) is 0. The number of hydrogen-bond acceptors (Lipinski definition) is 0. The van der Waals surface area contributed by atoms with Crippen LogP contribution in [-0.4, -0.2) is 6.71 Å². The van der Waals surface area contributed by atoms with E-state index in [4.69, 9.17) is 0 Å². The Morgan fingerprint density at radius 1 is 1.00 bits per heavy atom. The van der Waals surface area contributed by atoms with E-state index in [-0.39, 0.29) is 0 Å². The Hall–Kier alpha value is -0.715. The lowest BCUT2D eigenvalue weighted by Crippen LogP contribution is -2.31. The molecule has 0 aliphatic carbocycles. The van der Waals surface area contributed by atoms with Crippen LogP contribution in [-0.2, 0) is 6.42 Å². The highest BCUT2D eigenvalue weighted by Gasteiger charge is 2.13. The minimum atomic E-state index is 0.760. The molecule has 0 N–H and O–H groups in total. The summed E-state index contributed by atoms with van der Waals surface area (Å²) in [7, 11) is 0. The highest BCUT2D eigenvalue weighted by molar-refractivity contribution is 6.73. The van der Waals surface area contributed by atoms with Crippen LogP contribution in [0.25, 0.3) is 0 Å². The highest BCUT2D eigenvalue weighted by atomic mass is 14.0. The van der Waals surface area contributed by atoms with Gasteiger partial charge in [0.1, 0.15) is 0 Å². The molecule has 70 valence electrons. The predicted molar refractivity (Wildman–Crippen MR) is 62.2 cm³/mol. The third-order valence-corrected chi connectivity index (χ3v) is 2.86. The highest BCUT2D eigenvalue weighted by Crippen LogP contribution is 2.05. The predicted octanol–water partition coefficient (Wildman–Crippen LogP) is 2.99. The lowest BCUT2D eigenvalue weighted by atomic mass is 9.40. The third-order valence-electron chi connectivity index (χ3n) is 2.86. The van der Waals surface area contributed by atoms with E-state index in [1.807, 2.05) is 0 Å². The van der Waals surface area contributed by atoms with Crippen LogP contribution >= 0.6 is 0 Å². The van der Waals surface area contributed by atoms with E-state index in [1.165, 1.54) is 18.2 Å².